The molecule has 0 aromatic heterocycles. The summed E-state index contributed by atoms with van der Waals surface area (Å²) in [7, 11) is 0. The molecule has 20 heavy (non-hydrogen) atoms. The van der Waals surface area contributed by atoms with Crippen molar-refractivity contribution >= 4 is 0 Å². The molecule has 0 bridgehead atoms. The topological polar surface area (TPSA) is 15.3 Å². The molecule has 0 spiro atoms. The molecule has 2 heteroatoms. The van der Waals surface area contributed by atoms with Crippen molar-refractivity contribution in [1.29, 1.82) is 0 Å². The molecule has 1 unspecified atom stereocenters. The highest BCUT2D eigenvalue weighted by Crippen LogP contribution is 2.21. The third kappa shape index (κ3) is 3.62. The third-order valence-electron chi connectivity index (χ3n) is 5.08. The average Bonchev–Trinajstić information content (AvgIpc) is 2.49. The van der Waals surface area contributed by atoms with Crippen LogP contribution in [-0.4, -0.2) is 37.1 Å². The quantitative estimate of drug-likeness (QED) is 0.906. The number of aryl methyl sites for hydroxylation is 1. The van der Waals surface area contributed by atoms with Gasteiger partial charge in [-0.3, -0.25) is 0 Å². The number of hydrogen-bond acceptors (Lipinski definition) is 2. The van der Waals surface area contributed by atoms with E-state index in [2.05, 4.69) is 41.4 Å². The van der Waals surface area contributed by atoms with Gasteiger partial charge in [0.05, 0.1) is 0 Å². The lowest BCUT2D eigenvalue weighted by Crippen LogP contribution is -2.42. The first-order valence-electron chi connectivity index (χ1n) is 8.34. The third-order valence-corrected chi connectivity index (χ3v) is 5.08. The molecule has 1 aromatic carbocycles. The van der Waals surface area contributed by atoms with Crippen LogP contribution in [0.4, 0.5) is 0 Å². The zero-order valence-electron chi connectivity index (χ0n) is 12.8. The number of fused-ring (bicyclic) bond motifs is 1. The monoisotopic (exact) mass is 272 g/mol. The number of rotatable bonds is 4. The van der Waals surface area contributed by atoms with Crippen LogP contribution in [0.5, 0.6) is 0 Å². The van der Waals surface area contributed by atoms with Gasteiger partial charge in [0.25, 0.3) is 0 Å². The van der Waals surface area contributed by atoms with Gasteiger partial charge in [-0.25, -0.2) is 0 Å². The summed E-state index contributed by atoms with van der Waals surface area (Å²) in [6.07, 6.45) is 6.53. The summed E-state index contributed by atoms with van der Waals surface area (Å²) in [5, 5.41) is 3.78. The SMILES string of the molecule is CC1CCN(CCNC2CCc3ccccc3C2)CC1. The second-order valence-corrected chi connectivity index (χ2v) is 6.69. The van der Waals surface area contributed by atoms with E-state index < -0.39 is 0 Å². The summed E-state index contributed by atoms with van der Waals surface area (Å²) in [6, 6.07) is 9.63. The highest BCUT2D eigenvalue weighted by molar-refractivity contribution is 5.30. The van der Waals surface area contributed by atoms with Crippen molar-refractivity contribution in [3.63, 3.8) is 0 Å². The van der Waals surface area contributed by atoms with Crippen LogP contribution in [0.2, 0.25) is 0 Å². The van der Waals surface area contributed by atoms with Crippen LogP contribution >= 0.6 is 0 Å². The maximum absolute atomic E-state index is 3.78. The van der Waals surface area contributed by atoms with Gasteiger partial charge in [-0.15, -0.1) is 0 Å². The molecule has 1 atom stereocenters. The molecule has 1 aliphatic carbocycles. The van der Waals surface area contributed by atoms with Crippen molar-refractivity contribution < 1.29 is 0 Å². The summed E-state index contributed by atoms with van der Waals surface area (Å²) in [5.74, 6) is 0.939. The van der Waals surface area contributed by atoms with E-state index in [1.54, 1.807) is 11.1 Å². The summed E-state index contributed by atoms with van der Waals surface area (Å²) in [4.78, 5) is 2.63. The van der Waals surface area contributed by atoms with Gasteiger partial charge in [0.1, 0.15) is 0 Å². The minimum Gasteiger partial charge on any atom is -0.312 e. The first-order chi connectivity index (χ1) is 9.81. The van der Waals surface area contributed by atoms with Gasteiger partial charge < -0.3 is 10.2 Å². The Labute approximate surface area is 123 Å². The number of benzene rings is 1. The Hall–Kier alpha value is -0.860. The van der Waals surface area contributed by atoms with Gasteiger partial charge in [-0.05, 0) is 62.2 Å². The first kappa shape index (κ1) is 14.1. The van der Waals surface area contributed by atoms with Crippen LogP contribution < -0.4 is 5.32 Å². The van der Waals surface area contributed by atoms with E-state index in [-0.39, 0.29) is 0 Å². The normalized spacial score (nSPS) is 24.6. The number of likely N-dealkylation sites (tertiary alicyclic amines) is 1. The predicted octanol–water partition coefficient (Wildman–Crippen LogP) is 2.87. The van der Waals surface area contributed by atoms with Crippen molar-refractivity contribution in [2.75, 3.05) is 26.2 Å². The summed E-state index contributed by atoms with van der Waals surface area (Å²) < 4.78 is 0. The van der Waals surface area contributed by atoms with Crippen LogP contribution in [0.15, 0.2) is 24.3 Å². The van der Waals surface area contributed by atoms with Gasteiger partial charge in [-0.2, -0.15) is 0 Å². The zero-order chi connectivity index (χ0) is 13.8. The van der Waals surface area contributed by atoms with Gasteiger partial charge >= 0.3 is 0 Å². The molecule has 0 saturated carbocycles. The van der Waals surface area contributed by atoms with E-state index in [0.717, 1.165) is 12.5 Å². The van der Waals surface area contributed by atoms with E-state index in [1.165, 1.54) is 51.7 Å². The summed E-state index contributed by atoms with van der Waals surface area (Å²) >= 11 is 0. The van der Waals surface area contributed by atoms with Crippen LogP contribution in [0.25, 0.3) is 0 Å². The van der Waals surface area contributed by atoms with Crippen molar-refractivity contribution in [3.8, 4) is 0 Å². The average molecular weight is 272 g/mol. The molecular weight excluding hydrogens is 244 g/mol. The second-order valence-electron chi connectivity index (χ2n) is 6.69. The summed E-state index contributed by atoms with van der Waals surface area (Å²) in [5.41, 5.74) is 3.12. The zero-order valence-corrected chi connectivity index (χ0v) is 12.8. The maximum Gasteiger partial charge on any atom is 0.0111 e. The number of nitrogens with one attached hydrogen (secondary N) is 1. The van der Waals surface area contributed by atoms with Crippen LogP contribution in [0, 0.1) is 5.92 Å². The van der Waals surface area contributed by atoms with E-state index in [0.29, 0.717) is 6.04 Å². The van der Waals surface area contributed by atoms with Crippen LogP contribution in [0.1, 0.15) is 37.3 Å². The molecular formula is C18H28N2. The Kier molecular flexibility index (Phi) is 4.74. The predicted molar refractivity (Wildman–Crippen MR) is 85.1 cm³/mol. The lowest BCUT2D eigenvalue weighted by Gasteiger charge is -2.31. The Morgan fingerprint density at radius 3 is 2.65 bits per heavy atom. The lowest BCUT2D eigenvalue weighted by molar-refractivity contribution is 0.190. The molecule has 1 fully saturated rings. The number of hydrogen-bond donors (Lipinski definition) is 1. The molecule has 110 valence electrons. The molecule has 1 aliphatic heterocycles. The molecule has 1 aromatic rings. The van der Waals surface area contributed by atoms with Gasteiger partial charge in [-0.1, -0.05) is 31.2 Å². The van der Waals surface area contributed by atoms with E-state index in [9.17, 15) is 0 Å². The van der Waals surface area contributed by atoms with Gasteiger partial charge in [0.2, 0.25) is 0 Å². The van der Waals surface area contributed by atoms with Gasteiger partial charge in [0.15, 0.2) is 0 Å². The molecule has 2 aliphatic rings. The Morgan fingerprint density at radius 1 is 1.10 bits per heavy atom. The fourth-order valence-electron chi connectivity index (χ4n) is 3.58. The summed E-state index contributed by atoms with van der Waals surface area (Å²) in [6.45, 7) is 7.37. The Balaban J connectivity index is 1.40. The van der Waals surface area contributed by atoms with Crippen molar-refractivity contribution in [2.45, 2.75) is 45.1 Å². The second kappa shape index (κ2) is 6.73. The maximum atomic E-state index is 3.78. The highest BCUT2D eigenvalue weighted by atomic mass is 15.1. The Morgan fingerprint density at radius 2 is 1.85 bits per heavy atom. The van der Waals surface area contributed by atoms with Crippen molar-refractivity contribution in [3.05, 3.63) is 35.4 Å². The molecule has 0 radical (unpaired) electrons. The minimum atomic E-state index is 0.689. The highest BCUT2D eigenvalue weighted by Gasteiger charge is 2.19. The van der Waals surface area contributed by atoms with Crippen LogP contribution in [0.3, 0.4) is 0 Å². The number of nitrogens with zero attached hydrogens (tertiary/aromatic N) is 1. The standard InChI is InChI=1S/C18H28N2/c1-15-8-11-20(12-9-15)13-10-19-18-7-6-16-4-2-3-5-17(16)14-18/h2-5,15,18-19H,6-14H2,1H3. The van der Waals surface area contributed by atoms with E-state index >= 15 is 0 Å². The Bertz CT molecular complexity index is 421. The van der Waals surface area contributed by atoms with Crippen LogP contribution in [-0.2, 0) is 12.8 Å². The molecule has 1 heterocycles. The molecule has 0 amide bonds. The fraction of sp³-hybridized carbons (Fsp3) is 0.667. The fourth-order valence-corrected chi connectivity index (χ4v) is 3.58. The smallest absolute Gasteiger partial charge is 0.0111 e. The van der Waals surface area contributed by atoms with E-state index in [1.807, 2.05) is 0 Å². The van der Waals surface area contributed by atoms with Gasteiger partial charge in [0, 0.05) is 19.1 Å². The lowest BCUT2D eigenvalue weighted by atomic mass is 9.88. The van der Waals surface area contributed by atoms with E-state index in [4.69, 9.17) is 0 Å². The molecule has 1 saturated heterocycles. The van der Waals surface area contributed by atoms with Crippen molar-refractivity contribution in [1.82, 2.24) is 10.2 Å². The number of piperidine rings is 1. The van der Waals surface area contributed by atoms with Crippen molar-refractivity contribution in [2.24, 2.45) is 5.92 Å². The largest absolute Gasteiger partial charge is 0.312 e. The molecule has 3 rings (SSSR count). The first-order valence-corrected chi connectivity index (χ1v) is 8.34. The minimum absolute atomic E-state index is 0.689. The molecule has 2 nitrogen and oxygen atoms in total. The molecule has 1 N–H and O–H groups in total.